The van der Waals surface area contributed by atoms with Gasteiger partial charge in [-0.15, -0.1) is 0 Å². The molecule has 0 bridgehead atoms. The van der Waals surface area contributed by atoms with Crippen LogP contribution in [0.2, 0.25) is 0 Å². The smallest absolute Gasteiger partial charge is 0.354 e. The van der Waals surface area contributed by atoms with Gasteiger partial charge in [0.1, 0.15) is 10.3 Å². The van der Waals surface area contributed by atoms with E-state index < -0.39 is 11.9 Å². The van der Waals surface area contributed by atoms with Crippen LogP contribution >= 0.6 is 15.9 Å². The molecule has 0 spiro atoms. The number of aromatic amines is 1. The number of rotatable bonds is 4. The number of fused-ring (bicyclic) bond motifs is 1. The predicted molar refractivity (Wildman–Crippen MR) is 79.5 cm³/mol. The van der Waals surface area contributed by atoms with Gasteiger partial charge in [0, 0.05) is 11.1 Å². The molecule has 2 aromatic rings. The highest BCUT2D eigenvalue weighted by atomic mass is 79.9. The molecule has 1 aromatic heterocycles. The zero-order valence-corrected chi connectivity index (χ0v) is 12.9. The third-order valence-corrected chi connectivity index (χ3v) is 3.26. The highest BCUT2D eigenvalue weighted by Gasteiger charge is 2.13. The van der Waals surface area contributed by atoms with E-state index >= 15 is 0 Å². The summed E-state index contributed by atoms with van der Waals surface area (Å²) in [6.07, 6.45) is 1.02. The fourth-order valence-corrected chi connectivity index (χ4v) is 2.07. The van der Waals surface area contributed by atoms with Crippen LogP contribution in [0.15, 0.2) is 34.6 Å². The van der Waals surface area contributed by atoms with Crippen molar-refractivity contribution in [1.29, 1.82) is 0 Å². The van der Waals surface area contributed by atoms with E-state index in [2.05, 4.69) is 40.9 Å². The molecule has 0 saturated heterocycles. The second-order valence-electron chi connectivity index (χ2n) is 3.97. The molecule has 2 rings (SSSR count). The van der Waals surface area contributed by atoms with Crippen molar-refractivity contribution in [2.45, 2.75) is 0 Å². The van der Waals surface area contributed by atoms with E-state index in [0.29, 0.717) is 11.2 Å². The largest absolute Gasteiger partial charge is 0.466 e. The van der Waals surface area contributed by atoms with Gasteiger partial charge >= 0.3 is 11.9 Å². The van der Waals surface area contributed by atoms with Crippen LogP contribution < -0.4 is 5.32 Å². The monoisotopic (exact) mass is 353 g/mol. The lowest BCUT2D eigenvalue weighted by Crippen LogP contribution is -2.15. The lowest BCUT2D eigenvalue weighted by atomic mass is 10.2. The van der Waals surface area contributed by atoms with Crippen LogP contribution in [-0.4, -0.2) is 36.4 Å². The van der Waals surface area contributed by atoms with Crippen LogP contribution in [0.3, 0.4) is 0 Å². The third-order valence-electron chi connectivity index (χ3n) is 2.66. The first-order valence-corrected chi connectivity index (χ1v) is 6.63. The van der Waals surface area contributed by atoms with Crippen LogP contribution in [0.25, 0.3) is 10.9 Å². The summed E-state index contributed by atoms with van der Waals surface area (Å²) in [4.78, 5) is 22.9. The number of hydrogen-bond donors (Lipinski definition) is 2. The number of halogens is 1. The molecule has 0 radical (unpaired) electrons. The molecule has 0 fully saturated rings. The third kappa shape index (κ3) is 3.40. The minimum Gasteiger partial charge on any atom is -0.466 e. The van der Waals surface area contributed by atoms with Crippen molar-refractivity contribution in [1.82, 2.24) is 10.2 Å². The fourth-order valence-electron chi connectivity index (χ4n) is 1.65. The van der Waals surface area contributed by atoms with E-state index in [1.54, 1.807) is 12.1 Å². The van der Waals surface area contributed by atoms with Crippen LogP contribution in [0, 0.1) is 0 Å². The van der Waals surface area contributed by atoms with Crippen LogP contribution in [-0.2, 0) is 19.1 Å². The molecule has 8 heteroatoms. The van der Waals surface area contributed by atoms with Gasteiger partial charge in [-0.1, -0.05) is 0 Å². The Morgan fingerprint density at radius 1 is 1.33 bits per heavy atom. The number of methoxy groups -OCH3 is 2. The van der Waals surface area contributed by atoms with E-state index in [-0.39, 0.29) is 5.70 Å². The molecule has 1 heterocycles. The minimum absolute atomic E-state index is 0.0294. The van der Waals surface area contributed by atoms with E-state index in [9.17, 15) is 9.59 Å². The van der Waals surface area contributed by atoms with Gasteiger partial charge in [0.05, 0.1) is 25.8 Å². The topological polar surface area (TPSA) is 93.3 Å². The Morgan fingerprint density at radius 3 is 2.76 bits per heavy atom. The van der Waals surface area contributed by atoms with Gasteiger partial charge < -0.3 is 14.8 Å². The molecule has 0 unspecified atom stereocenters. The fraction of sp³-hybridized carbons (Fsp3) is 0.154. The summed E-state index contributed by atoms with van der Waals surface area (Å²) in [5.74, 6) is -1.34. The van der Waals surface area contributed by atoms with Gasteiger partial charge in [-0.3, -0.25) is 5.10 Å². The molecule has 0 saturated carbocycles. The van der Waals surface area contributed by atoms with Crippen LogP contribution in [0.4, 0.5) is 5.69 Å². The molecule has 0 aliphatic carbocycles. The average molecular weight is 354 g/mol. The molecule has 0 atom stereocenters. The zero-order chi connectivity index (χ0) is 15.4. The molecule has 110 valence electrons. The zero-order valence-electron chi connectivity index (χ0n) is 11.3. The van der Waals surface area contributed by atoms with Crippen molar-refractivity contribution < 1.29 is 19.1 Å². The second-order valence-corrected chi connectivity index (χ2v) is 4.76. The summed E-state index contributed by atoms with van der Waals surface area (Å²) >= 11 is 3.33. The van der Waals surface area contributed by atoms with Gasteiger partial charge in [-0.25, -0.2) is 9.59 Å². The molecular formula is C13H12BrN3O4. The van der Waals surface area contributed by atoms with Gasteiger partial charge in [0.15, 0.2) is 0 Å². The van der Waals surface area contributed by atoms with Crippen molar-refractivity contribution in [3.05, 3.63) is 34.6 Å². The Hall–Kier alpha value is -2.35. The molecule has 21 heavy (non-hydrogen) atoms. The SMILES string of the molecule is COC(=O)/C=C(/Nc1ccc2c(Br)[nH]nc2c1)C(=O)OC. The average Bonchev–Trinajstić information content (AvgIpc) is 2.86. The maximum absolute atomic E-state index is 11.6. The first kappa shape index (κ1) is 15.0. The summed E-state index contributed by atoms with van der Waals surface area (Å²) in [5, 5.41) is 10.6. The van der Waals surface area contributed by atoms with Crippen molar-refractivity contribution in [2.24, 2.45) is 0 Å². The summed E-state index contributed by atoms with van der Waals surface area (Å²) in [6, 6.07) is 5.29. The quantitative estimate of drug-likeness (QED) is 0.644. The van der Waals surface area contributed by atoms with Gasteiger partial charge in [0.25, 0.3) is 0 Å². The normalized spacial score (nSPS) is 11.3. The predicted octanol–water partition coefficient (Wildman–Crippen LogP) is 1.97. The van der Waals surface area contributed by atoms with Gasteiger partial charge in [0.2, 0.25) is 0 Å². The number of hydrogen-bond acceptors (Lipinski definition) is 6. The summed E-state index contributed by atoms with van der Waals surface area (Å²) in [5.41, 5.74) is 1.26. The Bertz CT molecular complexity index is 723. The number of carbonyl (C=O) groups excluding carboxylic acids is 2. The molecule has 0 aliphatic rings. The number of nitrogens with one attached hydrogen (secondary N) is 2. The standard InChI is InChI=1S/C13H12BrN3O4/c1-20-11(18)6-10(13(19)21-2)15-7-3-4-8-9(5-7)16-17-12(8)14/h3-6,15H,1-2H3,(H,16,17)/b10-6+. The molecule has 0 aliphatic heterocycles. The maximum Gasteiger partial charge on any atom is 0.354 e. The number of nitrogens with zero attached hydrogens (tertiary/aromatic N) is 1. The van der Waals surface area contributed by atoms with Crippen molar-refractivity contribution in [3.63, 3.8) is 0 Å². The van der Waals surface area contributed by atoms with Gasteiger partial charge in [-0.2, -0.15) is 5.10 Å². The van der Waals surface area contributed by atoms with E-state index in [0.717, 1.165) is 16.1 Å². The molecular weight excluding hydrogens is 342 g/mol. The second kappa shape index (κ2) is 6.40. The van der Waals surface area contributed by atoms with Crippen molar-refractivity contribution in [3.8, 4) is 0 Å². The van der Waals surface area contributed by atoms with Crippen LogP contribution in [0.1, 0.15) is 0 Å². The highest BCUT2D eigenvalue weighted by molar-refractivity contribution is 9.10. The summed E-state index contributed by atoms with van der Waals surface area (Å²) in [6.45, 7) is 0. The Balaban J connectivity index is 2.31. The van der Waals surface area contributed by atoms with Crippen molar-refractivity contribution >= 4 is 44.5 Å². The molecule has 1 aromatic carbocycles. The first-order valence-electron chi connectivity index (χ1n) is 5.83. The summed E-state index contributed by atoms with van der Waals surface area (Å²) in [7, 11) is 2.45. The number of benzene rings is 1. The lowest BCUT2D eigenvalue weighted by molar-refractivity contribution is -0.138. The van der Waals surface area contributed by atoms with Crippen molar-refractivity contribution in [2.75, 3.05) is 19.5 Å². The number of anilines is 1. The first-order chi connectivity index (χ1) is 10.0. The number of aromatic nitrogens is 2. The Kier molecular flexibility index (Phi) is 4.59. The molecule has 0 amide bonds. The minimum atomic E-state index is -0.677. The summed E-state index contributed by atoms with van der Waals surface area (Å²) < 4.78 is 9.88. The van der Waals surface area contributed by atoms with E-state index in [1.165, 1.54) is 14.2 Å². The Morgan fingerprint density at radius 2 is 2.10 bits per heavy atom. The van der Waals surface area contributed by atoms with E-state index in [1.807, 2.05) is 6.07 Å². The maximum atomic E-state index is 11.6. The highest BCUT2D eigenvalue weighted by Crippen LogP contribution is 2.24. The number of esters is 2. The molecule has 2 N–H and O–H groups in total. The van der Waals surface area contributed by atoms with Gasteiger partial charge in [-0.05, 0) is 34.1 Å². The van der Waals surface area contributed by atoms with E-state index in [4.69, 9.17) is 0 Å². The molecule has 7 nitrogen and oxygen atoms in total. The van der Waals surface area contributed by atoms with Crippen LogP contribution in [0.5, 0.6) is 0 Å². The Labute approximate surface area is 128 Å². The number of H-pyrrole nitrogens is 1. The lowest BCUT2D eigenvalue weighted by Gasteiger charge is -2.08. The number of carbonyl (C=O) groups is 2. The number of ether oxygens (including phenoxy) is 2.